The minimum Gasteiger partial charge on any atom is -0.330 e. The van der Waals surface area contributed by atoms with Crippen molar-refractivity contribution in [2.24, 2.45) is 5.73 Å². The third-order valence-electron chi connectivity index (χ3n) is 2.66. The van der Waals surface area contributed by atoms with Gasteiger partial charge >= 0.3 is 0 Å². The van der Waals surface area contributed by atoms with Crippen LogP contribution >= 0.6 is 0 Å². The summed E-state index contributed by atoms with van der Waals surface area (Å²) in [7, 11) is -3.07. The van der Waals surface area contributed by atoms with Crippen LogP contribution in [0, 0.1) is 0 Å². The topological polar surface area (TPSA) is 60.2 Å². The molecule has 0 heterocycles. The molecule has 4 heteroatoms. The van der Waals surface area contributed by atoms with Crippen LogP contribution in [0.2, 0.25) is 0 Å². The van der Waals surface area contributed by atoms with E-state index >= 15 is 0 Å². The van der Waals surface area contributed by atoms with Gasteiger partial charge in [0.2, 0.25) is 0 Å². The van der Waals surface area contributed by atoms with E-state index in [4.69, 9.17) is 5.73 Å². The van der Waals surface area contributed by atoms with Gasteiger partial charge in [0.05, 0.1) is 10.1 Å². The average molecular weight is 225 g/mol. The van der Waals surface area contributed by atoms with E-state index in [1.165, 1.54) is 0 Å². The molecule has 0 radical (unpaired) electrons. The fourth-order valence-electron chi connectivity index (χ4n) is 1.70. The fourth-order valence-corrected chi connectivity index (χ4v) is 3.62. The molecule has 3 nitrogen and oxygen atoms in total. The van der Waals surface area contributed by atoms with Crippen molar-refractivity contribution in [2.45, 2.75) is 29.4 Å². The van der Waals surface area contributed by atoms with E-state index in [2.05, 4.69) is 0 Å². The summed E-state index contributed by atoms with van der Waals surface area (Å²) in [5.41, 5.74) is 6.32. The monoisotopic (exact) mass is 225 g/mol. The minimum atomic E-state index is -3.07. The molecule has 0 atom stereocenters. The van der Waals surface area contributed by atoms with Gasteiger partial charge in [-0.05, 0) is 37.4 Å². The smallest absolute Gasteiger partial charge is 0.181 e. The van der Waals surface area contributed by atoms with Crippen LogP contribution in [0.1, 0.15) is 18.4 Å². The second kappa shape index (κ2) is 3.94. The van der Waals surface area contributed by atoms with Gasteiger partial charge in [-0.3, -0.25) is 0 Å². The maximum absolute atomic E-state index is 12.0. The lowest BCUT2D eigenvalue weighted by Crippen LogP contribution is -2.12. The Bertz CT molecular complexity index is 449. The van der Waals surface area contributed by atoms with Gasteiger partial charge in [-0.25, -0.2) is 8.42 Å². The van der Waals surface area contributed by atoms with Gasteiger partial charge < -0.3 is 5.73 Å². The Kier molecular flexibility index (Phi) is 2.80. The first-order chi connectivity index (χ1) is 7.16. The van der Waals surface area contributed by atoms with E-state index in [1.807, 2.05) is 12.1 Å². The van der Waals surface area contributed by atoms with Gasteiger partial charge in [0.25, 0.3) is 0 Å². The highest BCUT2D eigenvalue weighted by Gasteiger charge is 2.37. The Morgan fingerprint density at radius 3 is 2.53 bits per heavy atom. The van der Waals surface area contributed by atoms with Gasteiger partial charge in [0.1, 0.15) is 0 Å². The second-order valence-electron chi connectivity index (χ2n) is 3.89. The summed E-state index contributed by atoms with van der Waals surface area (Å²) in [6.45, 7) is 0.483. The Labute approximate surface area is 90.2 Å². The summed E-state index contributed by atoms with van der Waals surface area (Å²) >= 11 is 0. The molecule has 0 bridgehead atoms. The van der Waals surface area contributed by atoms with E-state index in [0.29, 0.717) is 17.9 Å². The molecule has 1 aromatic carbocycles. The molecule has 0 aliphatic heterocycles. The molecule has 1 aromatic rings. The summed E-state index contributed by atoms with van der Waals surface area (Å²) in [5, 5.41) is -0.142. The van der Waals surface area contributed by atoms with Gasteiger partial charge in [0, 0.05) is 0 Å². The SMILES string of the molecule is NCCc1ccccc1S(=O)(=O)C1CC1. The standard InChI is InChI=1S/C11H15NO2S/c12-8-7-9-3-1-2-4-11(9)15(13,14)10-5-6-10/h1-4,10H,5-8,12H2. The first-order valence-electron chi connectivity index (χ1n) is 5.18. The molecule has 82 valence electrons. The normalized spacial score (nSPS) is 16.6. The molecule has 0 aromatic heterocycles. The Morgan fingerprint density at radius 2 is 1.93 bits per heavy atom. The predicted octanol–water partition coefficient (Wildman–Crippen LogP) is 1.12. The molecular weight excluding hydrogens is 210 g/mol. The number of rotatable bonds is 4. The number of hydrogen-bond donors (Lipinski definition) is 1. The quantitative estimate of drug-likeness (QED) is 0.835. The molecule has 0 unspecified atom stereocenters. The van der Waals surface area contributed by atoms with Crippen molar-refractivity contribution in [3.63, 3.8) is 0 Å². The third-order valence-corrected chi connectivity index (χ3v) is 5.02. The van der Waals surface area contributed by atoms with Crippen LogP contribution in [0.25, 0.3) is 0 Å². The maximum atomic E-state index is 12.0. The molecule has 2 rings (SSSR count). The van der Waals surface area contributed by atoms with Crippen molar-refractivity contribution in [3.05, 3.63) is 29.8 Å². The van der Waals surface area contributed by atoms with Crippen molar-refractivity contribution in [1.29, 1.82) is 0 Å². The Morgan fingerprint density at radius 1 is 1.27 bits per heavy atom. The average Bonchev–Trinajstić information content (AvgIpc) is 3.02. The molecule has 1 saturated carbocycles. The Balaban J connectivity index is 2.42. The predicted molar refractivity (Wildman–Crippen MR) is 59.4 cm³/mol. The lowest BCUT2D eigenvalue weighted by molar-refractivity contribution is 0.593. The number of nitrogens with two attached hydrogens (primary N) is 1. The van der Waals surface area contributed by atoms with Crippen molar-refractivity contribution in [1.82, 2.24) is 0 Å². The molecule has 2 N–H and O–H groups in total. The van der Waals surface area contributed by atoms with E-state index in [0.717, 1.165) is 18.4 Å². The van der Waals surface area contributed by atoms with Crippen molar-refractivity contribution >= 4 is 9.84 Å². The first kappa shape index (κ1) is 10.6. The molecule has 1 fully saturated rings. The van der Waals surface area contributed by atoms with Crippen molar-refractivity contribution in [3.8, 4) is 0 Å². The van der Waals surface area contributed by atoms with Crippen molar-refractivity contribution < 1.29 is 8.42 Å². The number of hydrogen-bond acceptors (Lipinski definition) is 3. The summed E-state index contributed by atoms with van der Waals surface area (Å²) in [6, 6.07) is 7.17. The zero-order valence-corrected chi connectivity index (χ0v) is 9.33. The van der Waals surface area contributed by atoms with Crippen LogP contribution in [0.15, 0.2) is 29.2 Å². The number of benzene rings is 1. The zero-order valence-electron chi connectivity index (χ0n) is 8.52. The molecular formula is C11H15NO2S. The van der Waals surface area contributed by atoms with E-state index < -0.39 is 9.84 Å². The highest BCUT2D eigenvalue weighted by atomic mass is 32.2. The lowest BCUT2D eigenvalue weighted by Gasteiger charge is -2.08. The Hall–Kier alpha value is -0.870. The van der Waals surface area contributed by atoms with Crippen LogP contribution in [-0.2, 0) is 16.3 Å². The number of sulfone groups is 1. The highest BCUT2D eigenvalue weighted by molar-refractivity contribution is 7.92. The summed E-state index contributed by atoms with van der Waals surface area (Å²) in [4.78, 5) is 0.484. The van der Waals surface area contributed by atoms with Gasteiger partial charge in [-0.2, -0.15) is 0 Å². The van der Waals surface area contributed by atoms with Crippen LogP contribution in [0.3, 0.4) is 0 Å². The maximum Gasteiger partial charge on any atom is 0.181 e. The summed E-state index contributed by atoms with van der Waals surface area (Å²) in [6.07, 6.45) is 2.24. The fraction of sp³-hybridized carbons (Fsp3) is 0.455. The van der Waals surface area contributed by atoms with Gasteiger partial charge in [0.15, 0.2) is 9.84 Å². The molecule has 0 saturated heterocycles. The van der Waals surface area contributed by atoms with Crippen LogP contribution in [-0.4, -0.2) is 20.2 Å². The zero-order chi connectivity index (χ0) is 10.9. The van der Waals surface area contributed by atoms with E-state index in [9.17, 15) is 8.42 Å². The molecule has 0 spiro atoms. The largest absolute Gasteiger partial charge is 0.330 e. The minimum absolute atomic E-state index is 0.142. The summed E-state index contributed by atoms with van der Waals surface area (Å²) in [5.74, 6) is 0. The van der Waals surface area contributed by atoms with E-state index in [1.54, 1.807) is 12.1 Å². The van der Waals surface area contributed by atoms with Gasteiger partial charge in [-0.15, -0.1) is 0 Å². The first-order valence-corrected chi connectivity index (χ1v) is 6.73. The second-order valence-corrected chi connectivity index (χ2v) is 6.09. The third kappa shape index (κ3) is 2.06. The highest BCUT2D eigenvalue weighted by Crippen LogP contribution is 2.34. The summed E-state index contributed by atoms with van der Waals surface area (Å²) < 4.78 is 24.1. The van der Waals surface area contributed by atoms with Crippen LogP contribution in [0.5, 0.6) is 0 Å². The lowest BCUT2D eigenvalue weighted by atomic mass is 10.1. The molecule has 0 amide bonds. The molecule has 15 heavy (non-hydrogen) atoms. The molecule has 1 aliphatic rings. The van der Waals surface area contributed by atoms with Crippen LogP contribution < -0.4 is 5.73 Å². The van der Waals surface area contributed by atoms with Crippen molar-refractivity contribution in [2.75, 3.05) is 6.54 Å². The van der Waals surface area contributed by atoms with E-state index in [-0.39, 0.29) is 5.25 Å². The van der Waals surface area contributed by atoms with Crippen LogP contribution in [0.4, 0.5) is 0 Å². The molecule has 1 aliphatic carbocycles. The van der Waals surface area contributed by atoms with Gasteiger partial charge in [-0.1, -0.05) is 18.2 Å².